The van der Waals surface area contributed by atoms with Crippen molar-refractivity contribution in [3.63, 3.8) is 0 Å². The van der Waals surface area contributed by atoms with Crippen molar-refractivity contribution in [3.05, 3.63) is 0 Å². The molecule has 0 spiro atoms. The minimum absolute atomic E-state index is 0.0152. The summed E-state index contributed by atoms with van der Waals surface area (Å²) in [5.74, 6) is 0.347. The lowest BCUT2D eigenvalue weighted by Crippen LogP contribution is -2.42. The molecule has 0 bridgehead atoms. The van der Waals surface area contributed by atoms with Crippen LogP contribution in [-0.4, -0.2) is 18.4 Å². The Kier molecular flexibility index (Phi) is 9.62. The van der Waals surface area contributed by atoms with Gasteiger partial charge in [0.15, 0.2) is 0 Å². The molecule has 1 rings (SSSR count). The Hall–Kier alpha value is -0.860. The summed E-state index contributed by atoms with van der Waals surface area (Å²) in [6, 6.07) is 0. The zero-order valence-corrected chi connectivity index (χ0v) is 12.3. The Balaban J connectivity index is 0.000000494. The van der Waals surface area contributed by atoms with Crippen molar-refractivity contribution in [2.75, 3.05) is 0 Å². The third-order valence-corrected chi connectivity index (χ3v) is 3.06. The van der Waals surface area contributed by atoms with Crippen molar-refractivity contribution in [2.45, 2.75) is 72.3 Å². The highest BCUT2D eigenvalue weighted by atomic mass is 16.6. The van der Waals surface area contributed by atoms with Gasteiger partial charge in [0.25, 0.3) is 0 Å². The van der Waals surface area contributed by atoms with Crippen LogP contribution in [0.25, 0.3) is 0 Å². The van der Waals surface area contributed by atoms with Gasteiger partial charge in [0.2, 0.25) is 0 Å². The standard InChI is InChI=1S/C11H20O2.C4H8O/c1-3-4-5-6-7-8-10-9(2)11(12)13-10;1-4(2)3-5/h9-10H,3-8H2,1-2H3;3-4H,1-2H3. The van der Waals surface area contributed by atoms with Crippen LogP contribution in [0.4, 0.5) is 0 Å². The highest BCUT2D eigenvalue weighted by Crippen LogP contribution is 2.26. The zero-order chi connectivity index (χ0) is 14.0. The number of aldehydes is 1. The average molecular weight is 256 g/mol. The highest BCUT2D eigenvalue weighted by Gasteiger charge is 2.37. The molecule has 1 fully saturated rings. The lowest BCUT2D eigenvalue weighted by atomic mass is 9.94. The van der Waals surface area contributed by atoms with Crippen molar-refractivity contribution >= 4 is 12.3 Å². The Labute approximate surface area is 111 Å². The zero-order valence-electron chi connectivity index (χ0n) is 12.3. The SMILES string of the molecule is CC(C)C=O.CCCCCCCC1OC(=O)C1C. The second kappa shape index (κ2) is 10.1. The van der Waals surface area contributed by atoms with E-state index in [1.165, 1.54) is 32.1 Å². The molecule has 3 heteroatoms. The third kappa shape index (κ3) is 7.46. The molecule has 0 saturated carbocycles. The van der Waals surface area contributed by atoms with Crippen molar-refractivity contribution in [3.8, 4) is 0 Å². The smallest absolute Gasteiger partial charge is 0.312 e. The number of ether oxygens (including phenoxy) is 1. The quantitative estimate of drug-likeness (QED) is 0.396. The molecule has 0 aromatic heterocycles. The Morgan fingerprint density at radius 3 is 2.17 bits per heavy atom. The van der Waals surface area contributed by atoms with Crippen molar-refractivity contribution in [1.82, 2.24) is 0 Å². The molecule has 106 valence electrons. The molecule has 1 saturated heterocycles. The van der Waals surface area contributed by atoms with Gasteiger partial charge in [-0.2, -0.15) is 0 Å². The van der Waals surface area contributed by atoms with E-state index in [1.54, 1.807) is 0 Å². The third-order valence-electron chi connectivity index (χ3n) is 3.06. The number of carbonyl (C=O) groups is 2. The number of carbonyl (C=O) groups excluding carboxylic acids is 2. The van der Waals surface area contributed by atoms with Gasteiger partial charge >= 0.3 is 5.97 Å². The summed E-state index contributed by atoms with van der Waals surface area (Å²) >= 11 is 0. The summed E-state index contributed by atoms with van der Waals surface area (Å²) in [6.07, 6.45) is 8.66. The fourth-order valence-corrected chi connectivity index (χ4v) is 1.70. The maximum atomic E-state index is 10.8. The molecule has 0 aromatic rings. The Bertz CT molecular complexity index is 236. The summed E-state index contributed by atoms with van der Waals surface area (Å²) in [4.78, 5) is 20.3. The summed E-state index contributed by atoms with van der Waals surface area (Å²) in [6.45, 7) is 7.89. The fourth-order valence-electron chi connectivity index (χ4n) is 1.70. The van der Waals surface area contributed by atoms with E-state index in [0.29, 0.717) is 0 Å². The van der Waals surface area contributed by atoms with E-state index in [4.69, 9.17) is 4.74 Å². The van der Waals surface area contributed by atoms with Crippen molar-refractivity contribution in [2.24, 2.45) is 11.8 Å². The first-order chi connectivity index (χ1) is 8.52. The molecule has 0 N–H and O–H groups in total. The van der Waals surface area contributed by atoms with Crippen molar-refractivity contribution in [1.29, 1.82) is 0 Å². The first kappa shape index (κ1) is 17.1. The summed E-state index contributed by atoms with van der Waals surface area (Å²) in [5, 5.41) is 0. The van der Waals surface area contributed by atoms with Gasteiger partial charge in [0.1, 0.15) is 12.4 Å². The van der Waals surface area contributed by atoms with E-state index in [9.17, 15) is 9.59 Å². The highest BCUT2D eigenvalue weighted by molar-refractivity contribution is 5.77. The maximum Gasteiger partial charge on any atom is 0.312 e. The molecule has 0 aliphatic carbocycles. The lowest BCUT2D eigenvalue weighted by Gasteiger charge is -2.32. The van der Waals surface area contributed by atoms with Crippen LogP contribution >= 0.6 is 0 Å². The second-order valence-electron chi connectivity index (χ2n) is 5.35. The molecule has 0 amide bonds. The van der Waals surface area contributed by atoms with Crippen LogP contribution in [0.1, 0.15) is 66.2 Å². The predicted octanol–water partition coefficient (Wildman–Crippen LogP) is 3.75. The van der Waals surface area contributed by atoms with E-state index in [-0.39, 0.29) is 23.9 Å². The topological polar surface area (TPSA) is 43.4 Å². The number of esters is 1. The average Bonchev–Trinajstić information content (AvgIpc) is 2.37. The van der Waals surface area contributed by atoms with E-state index >= 15 is 0 Å². The largest absolute Gasteiger partial charge is 0.461 e. The van der Waals surface area contributed by atoms with Crippen LogP contribution < -0.4 is 0 Å². The van der Waals surface area contributed by atoms with Gasteiger partial charge in [0, 0.05) is 5.92 Å². The van der Waals surface area contributed by atoms with Crippen LogP contribution in [0.5, 0.6) is 0 Å². The van der Waals surface area contributed by atoms with Crippen LogP contribution in [0, 0.1) is 11.8 Å². The molecule has 3 nitrogen and oxygen atoms in total. The summed E-state index contributed by atoms with van der Waals surface area (Å²) < 4.78 is 5.02. The molecule has 1 aliphatic rings. The first-order valence-corrected chi connectivity index (χ1v) is 7.18. The van der Waals surface area contributed by atoms with Crippen LogP contribution in [0.2, 0.25) is 0 Å². The molecular formula is C15H28O3. The van der Waals surface area contributed by atoms with Crippen molar-refractivity contribution < 1.29 is 14.3 Å². The monoisotopic (exact) mass is 256 g/mol. The maximum absolute atomic E-state index is 10.8. The predicted molar refractivity (Wildman–Crippen MR) is 73.3 cm³/mol. The van der Waals surface area contributed by atoms with E-state index < -0.39 is 0 Å². The number of hydrogen-bond donors (Lipinski definition) is 0. The van der Waals surface area contributed by atoms with Crippen LogP contribution in [0.15, 0.2) is 0 Å². The van der Waals surface area contributed by atoms with E-state index in [0.717, 1.165) is 12.7 Å². The molecule has 2 unspecified atom stereocenters. The van der Waals surface area contributed by atoms with E-state index in [1.807, 2.05) is 20.8 Å². The molecule has 1 heterocycles. The molecule has 0 radical (unpaired) electrons. The van der Waals surface area contributed by atoms with Gasteiger partial charge in [-0.3, -0.25) is 4.79 Å². The molecule has 0 aromatic carbocycles. The second-order valence-corrected chi connectivity index (χ2v) is 5.35. The van der Waals surface area contributed by atoms with Gasteiger partial charge in [-0.05, 0) is 19.8 Å². The van der Waals surface area contributed by atoms with Gasteiger partial charge in [0.05, 0.1) is 5.92 Å². The minimum atomic E-state index is -0.0152. The van der Waals surface area contributed by atoms with Crippen LogP contribution in [-0.2, 0) is 14.3 Å². The Morgan fingerprint density at radius 1 is 1.22 bits per heavy atom. The summed E-state index contributed by atoms with van der Waals surface area (Å²) in [5.41, 5.74) is 0. The normalized spacial score (nSPS) is 21.7. The number of cyclic esters (lactones) is 1. The van der Waals surface area contributed by atoms with Gasteiger partial charge < -0.3 is 9.53 Å². The minimum Gasteiger partial charge on any atom is -0.461 e. The summed E-state index contributed by atoms with van der Waals surface area (Å²) in [7, 11) is 0. The molecular weight excluding hydrogens is 228 g/mol. The number of rotatable bonds is 7. The number of hydrogen-bond acceptors (Lipinski definition) is 3. The fraction of sp³-hybridized carbons (Fsp3) is 0.867. The molecule has 1 aliphatic heterocycles. The van der Waals surface area contributed by atoms with Gasteiger partial charge in [-0.1, -0.05) is 46.5 Å². The van der Waals surface area contributed by atoms with Gasteiger partial charge in [-0.25, -0.2) is 0 Å². The Morgan fingerprint density at radius 2 is 1.78 bits per heavy atom. The first-order valence-electron chi connectivity index (χ1n) is 7.18. The molecule has 18 heavy (non-hydrogen) atoms. The molecule has 2 atom stereocenters. The van der Waals surface area contributed by atoms with Crippen LogP contribution in [0.3, 0.4) is 0 Å². The van der Waals surface area contributed by atoms with E-state index in [2.05, 4.69) is 6.92 Å². The lowest BCUT2D eigenvalue weighted by molar-refractivity contribution is -0.183. The number of unbranched alkanes of at least 4 members (excludes halogenated alkanes) is 4. The van der Waals surface area contributed by atoms with Gasteiger partial charge in [-0.15, -0.1) is 0 Å².